The van der Waals surface area contributed by atoms with Crippen LogP contribution in [0.1, 0.15) is 31.9 Å². The lowest BCUT2D eigenvalue weighted by Gasteiger charge is -2.10. The number of nitrogens with zero attached hydrogens (tertiary/aromatic N) is 3. The Morgan fingerprint density at radius 2 is 2.06 bits per heavy atom. The van der Waals surface area contributed by atoms with E-state index in [1.54, 1.807) is 0 Å². The Bertz CT molecular complexity index is 357. The highest BCUT2D eigenvalue weighted by atomic mass is 15.3. The number of nitrogen functional groups attached to an aromatic ring is 1. The van der Waals surface area contributed by atoms with Crippen LogP contribution in [0.25, 0.3) is 0 Å². The summed E-state index contributed by atoms with van der Waals surface area (Å²) in [5, 5.41) is 7.84. The number of rotatable bonds is 8. The van der Waals surface area contributed by atoms with E-state index in [2.05, 4.69) is 36.3 Å². The van der Waals surface area contributed by atoms with Gasteiger partial charge in [0.25, 0.3) is 0 Å². The zero-order chi connectivity index (χ0) is 13.5. The van der Waals surface area contributed by atoms with Gasteiger partial charge in [0.15, 0.2) is 0 Å². The molecule has 104 valence electrons. The van der Waals surface area contributed by atoms with Crippen molar-refractivity contribution in [3.05, 3.63) is 5.69 Å². The van der Waals surface area contributed by atoms with E-state index in [1.807, 2.05) is 11.7 Å². The van der Waals surface area contributed by atoms with Crippen LogP contribution in [0.3, 0.4) is 0 Å². The maximum Gasteiger partial charge on any atom is 0.147 e. The second-order valence-electron chi connectivity index (χ2n) is 5.02. The van der Waals surface area contributed by atoms with Gasteiger partial charge in [-0.15, -0.1) is 0 Å². The first kappa shape index (κ1) is 14.8. The Labute approximate surface area is 110 Å². The zero-order valence-corrected chi connectivity index (χ0v) is 12.2. The summed E-state index contributed by atoms with van der Waals surface area (Å²) in [5.41, 5.74) is 7.92. The molecule has 0 bridgehead atoms. The number of nitrogens with one attached hydrogen (secondary N) is 1. The molecule has 0 fully saturated rings. The predicted molar refractivity (Wildman–Crippen MR) is 77.9 cm³/mol. The van der Waals surface area contributed by atoms with Gasteiger partial charge in [0, 0.05) is 13.6 Å². The van der Waals surface area contributed by atoms with E-state index in [0.717, 1.165) is 49.6 Å². The third-order valence-electron chi connectivity index (χ3n) is 2.97. The van der Waals surface area contributed by atoms with Crippen LogP contribution in [-0.2, 0) is 13.5 Å². The zero-order valence-electron chi connectivity index (χ0n) is 12.2. The molecule has 0 aliphatic heterocycles. The molecule has 0 spiro atoms. The number of aromatic nitrogens is 2. The predicted octanol–water partition coefficient (Wildman–Crippen LogP) is 1.71. The van der Waals surface area contributed by atoms with E-state index in [9.17, 15) is 0 Å². The maximum atomic E-state index is 6.10. The molecule has 1 aromatic rings. The third-order valence-corrected chi connectivity index (χ3v) is 2.97. The quantitative estimate of drug-likeness (QED) is 0.692. The molecular weight excluding hydrogens is 226 g/mol. The van der Waals surface area contributed by atoms with E-state index in [0.29, 0.717) is 0 Å². The summed E-state index contributed by atoms with van der Waals surface area (Å²) in [6.07, 6.45) is 4.36. The van der Waals surface area contributed by atoms with Crippen LogP contribution >= 0.6 is 0 Å². The molecular formula is C13H27N5. The fourth-order valence-corrected chi connectivity index (χ4v) is 1.99. The second kappa shape index (κ2) is 7.26. The van der Waals surface area contributed by atoms with Crippen molar-refractivity contribution in [2.24, 2.45) is 7.05 Å². The number of aryl methyl sites for hydroxylation is 2. The Kier molecular flexibility index (Phi) is 5.98. The van der Waals surface area contributed by atoms with Crippen molar-refractivity contribution in [1.82, 2.24) is 14.7 Å². The molecule has 18 heavy (non-hydrogen) atoms. The van der Waals surface area contributed by atoms with E-state index in [-0.39, 0.29) is 0 Å². The highest BCUT2D eigenvalue weighted by molar-refractivity contribution is 5.64. The number of unbranched alkanes of at least 4 members (excludes halogenated alkanes) is 1. The summed E-state index contributed by atoms with van der Waals surface area (Å²) in [7, 11) is 6.14. The fraction of sp³-hybridized carbons (Fsp3) is 0.769. The Morgan fingerprint density at radius 1 is 1.33 bits per heavy atom. The number of nitrogens with two attached hydrogens (primary N) is 1. The van der Waals surface area contributed by atoms with Crippen LogP contribution in [0.2, 0.25) is 0 Å². The summed E-state index contributed by atoms with van der Waals surface area (Å²) in [5.74, 6) is 0.961. The first-order valence-electron chi connectivity index (χ1n) is 6.76. The number of hydrogen-bond donors (Lipinski definition) is 2. The van der Waals surface area contributed by atoms with Crippen molar-refractivity contribution >= 4 is 11.5 Å². The van der Waals surface area contributed by atoms with Crippen LogP contribution < -0.4 is 11.1 Å². The van der Waals surface area contributed by atoms with Gasteiger partial charge in [-0.3, -0.25) is 4.68 Å². The van der Waals surface area contributed by atoms with Crippen LogP contribution in [0.5, 0.6) is 0 Å². The lowest BCUT2D eigenvalue weighted by Crippen LogP contribution is -2.15. The monoisotopic (exact) mass is 253 g/mol. The molecule has 1 rings (SSSR count). The molecule has 0 saturated carbocycles. The molecule has 0 radical (unpaired) electrons. The SMILES string of the molecule is CCCc1nn(C)c(NCCCCN(C)C)c1N. The van der Waals surface area contributed by atoms with Crippen molar-refractivity contribution in [1.29, 1.82) is 0 Å². The standard InChI is InChI=1S/C13H27N5/c1-5-8-11-12(14)13(18(4)16-11)15-9-6-7-10-17(2)3/h15H,5-10,14H2,1-4H3. The third kappa shape index (κ3) is 4.22. The summed E-state index contributed by atoms with van der Waals surface area (Å²) >= 11 is 0. The molecule has 3 N–H and O–H groups in total. The molecule has 0 unspecified atom stereocenters. The van der Waals surface area contributed by atoms with Crippen LogP contribution in [-0.4, -0.2) is 41.9 Å². The maximum absolute atomic E-state index is 6.10. The Morgan fingerprint density at radius 3 is 2.67 bits per heavy atom. The molecule has 0 amide bonds. The second-order valence-corrected chi connectivity index (χ2v) is 5.02. The fourth-order valence-electron chi connectivity index (χ4n) is 1.99. The summed E-state index contributed by atoms with van der Waals surface area (Å²) in [4.78, 5) is 2.21. The van der Waals surface area contributed by atoms with Crippen molar-refractivity contribution in [3.63, 3.8) is 0 Å². The Balaban J connectivity index is 2.42. The lowest BCUT2D eigenvalue weighted by atomic mass is 10.2. The first-order valence-corrected chi connectivity index (χ1v) is 6.76. The number of hydrogen-bond acceptors (Lipinski definition) is 4. The minimum atomic E-state index is 0.812. The summed E-state index contributed by atoms with van der Waals surface area (Å²) in [6.45, 7) is 4.22. The topological polar surface area (TPSA) is 59.1 Å². The van der Waals surface area contributed by atoms with Crippen molar-refractivity contribution in [2.45, 2.75) is 32.6 Å². The summed E-state index contributed by atoms with van der Waals surface area (Å²) < 4.78 is 1.85. The van der Waals surface area contributed by atoms with Crippen LogP contribution in [0.4, 0.5) is 11.5 Å². The molecule has 5 nitrogen and oxygen atoms in total. The van der Waals surface area contributed by atoms with Gasteiger partial charge < -0.3 is 16.0 Å². The molecule has 1 aromatic heterocycles. The van der Waals surface area contributed by atoms with Gasteiger partial charge in [0.1, 0.15) is 5.82 Å². The van der Waals surface area contributed by atoms with Gasteiger partial charge in [-0.1, -0.05) is 13.3 Å². The first-order chi connectivity index (χ1) is 8.56. The molecule has 0 aliphatic rings. The lowest BCUT2D eigenvalue weighted by molar-refractivity contribution is 0.396. The molecule has 5 heteroatoms. The van der Waals surface area contributed by atoms with Crippen molar-refractivity contribution in [3.8, 4) is 0 Å². The highest BCUT2D eigenvalue weighted by Gasteiger charge is 2.11. The van der Waals surface area contributed by atoms with Gasteiger partial charge >= 0.3 is 0 Å². The summed E-state index contributed by atoms with van der Waals surface area (Å²) in [6, 6.07) is 0. The van der Waals surface area contributed by atoms with Gasteiger partial charge in [0.05, 0.1) is 11.4 Å². The van der Waals surface area contributed by atoms with E-state index < -0.39 is 0 Å². The van der Waals surface area contributed by atoms with Gasteiger partial charge in [-0.2, -0.15) is 5.10 Å². The van der Waals surface area contributed by atoms with E-state index in [1.165, 1.54) is 6.42 Å². The largest absolute Gasteiger partial charge is 0.394 e. The van der Waals surface area contributed by atoms with E-state index in [4.69, 9.17) is 5.73 Å². The average Bonchev–Trinajstić information content (AvgIpc) is 2.56. The molecule has 0 atom stereocenters. The van der Waals surface area contributed by atoms with Crippen molar-refractivity contribution in [2.75, 3.05) is 38.2 Å². The normalized spacial score (nSPS) is 11.2. The van der Waals surface area contributed by atoms with Gasteiger partial charge in [-0.25, -0.2) is 0 Å². The van der Waals surface area contributed by atoms with Gasteiger partial charge in [0.2, 0.25) is 0 Å². The highest BCUT2D eigenvalue weighted by Crippen LogP contribution is 2.22. The molecule has 0 aliphatic carbocycles. The van der Waals surface area contributed by atoms with Gasteiger partial charge in [-0.05, 0) is 39.9 Å². The van der Waals surface area contributed by atoms with Crippen LogP contribution in [0, 0.1) is 0 Å². The minimum Gasteiger partial charge on any atom is -0.394 e. The molecule has 0 aromatic carbocycles. The molecule has 1 heterocycles. The van der Waals surface area contributed by atoms with Crippen molar-refractivity contribution < 1.29 is 0 Å². The average molecular weight is 253 g/mol. The van der Waals surface area contributed by atoms with Crippen LogP contribution in [0.15, 0.2) is 0 Å². The smallest absolute Gasteiger partial charge is 0.147 e. The number of anilines is 2. The van der Waals surface area contributed by atoms with E-state index >= 15 is 0 Å². The molecule has 0 saturated heterocycles. The minimum absolute atomic E-state index is 0.812. The Hall–Kier alpha value is -1.23.